The maximum atomic E-state index is 5.86. The van der Waals surface area contributed by atoms with E-state index in [-0.39, 0.29) is 0 Å². The number of allylic oxidation sites excluding steroid dienone is 1. The number of nitrogens with zero attached hydrogens (tertiary/aromatic N) is 2. The predicted octanol–water partition coefficient (Wildman–Crippen LogP) is 3.18. The van der Waals surface area contributed by atoms with Crippen LogP contribution in [0.1, 0.15) is 26.3 Å². The molecule has 0 spiro atoms. The van der Waals surface area contributed by atoms with E-state index >= 15 is 0 Å². The molecule has 0 saturated heterocycles. The van der Waals surface area contributed by atoms with Gasteiger partial charge in [0, 0.05) is 24.2 Å². The Kier molecular flexibility index (Phi) is 4.21. The molecule has 1 aromatic heterocycles. The van der Waals surface area contributed by atoms with Crippen molar-refractivity contribution < 1.29 is 0 Å². The summed E-state index contributed by atoms with van der Waals surface area (Å²) in [6.07, 6.45) is 6.03. The minimum absolute atomic E-state index is 0.498. The molecule has 0 aromatic carbocycles. The van der Waals surface area contributed by atoms with Crippen molar-refractivity contribution in [3.8, 4) is 0 Å². The molecule has 1 rings (SSSR count). The maximum absolute atomic E-state index is 5.86. The molecule has 0 radical (unpaired) electrons. The molecule has 0 aliphatic carbocycles. The number of alkyl halides is 1. The molecular weight excluding hydrogens is 196 g/mol. The summed E-state index contributed by atoms with van der Waals surface area (Å²) in [7, 11) is 0. The van der Waals surface area contributed by atoms with Gasteiger partial charge in [-0.2, -0.15) is 5.10 Å². The van der Waals surface area contributed by atoms with Crippen LogP contribution in [0.4, 0.5) is 0 Å². The summed E-state index contributed by atoms with van der Waals surface area (Å²) in [5, 5.41) is 4.21. The zero-order valence-corrected chi connectivity index (χ0v) is 9.75. The molecule has 0 unspecified atom stereocenters. The summed E-state index contributed by atoms with van der Waals surface area (Å²) in [6, 6.07) is 0. The van der Waals surface area contributed by atoms with Gasteiger partial charge in [-0.15, -0.1) is 11.6 Å². The first-order chi connectivity index (χ1) is 6.67. The molecule has 0 fully saturated rings. The van der Waals surface area contributed by atoms with Crippen molar-refractivity contribution in [2.75, 3.05) is 5.88 Å². The summed E-state index contributed by atoms with van der Waals surface area (Å²) in [6.45, 7) is 7.29. The Balaban J connectivity index is 2.83. The Morgan fingerprint density at radius 2 is 2.36 bits per heavy atom. The van der Waals surface area contributed by atoms with Gasteiger partial charge in [-0.05, 0) is 12.8 Å². The van der Waals surface area contributed by atoms with Gasteiger partial charge in [0.2, 0.25) is 0 Å². The lowest BCUT2D eigenvalue weighted by atomic mass is 10.0. The topological polar surface area (TPSA) is 17.8 Å². The van der Waals surface area contributed by atoms with Gasteiger partial charge in [-0.3, -0.25) is 4.68 Å². The smallest absolute Gasteiger partial charge is 0.0562 e. The molecule has 0 saturated carbocycles. The first-order valence-electron chi connectivity index (χ1n) is 4.96. The number of halogens is 1. The van der Waals surface area contributed by atoms with Gasteiger partial charge in [0.25, 0.3) is 0 Å². The van der Waals surface area contributed by atoms with Crippen LogP contribution in [0, 0.1) is 5.92 Å². The van der Waals surface area contributed by atoms with Gasteiger partial charge in [0.05, 0.1) is 6.20 Å². The standard InChI is InChI=1S/C11H17ClN2/c1-4-14-8-10(7-13-14)5-11(6-12)9(2)3/h5,7-9H,4,6H2,1-3H3/b11-5-. The highest BCUT2D eigenvalue weighted by molar-refractivity contribution is 6.19. The summed E-state index contributed by atoms with van der Waals surface area (Å²) in [4.78, 5) is 0. The van der Waals surface area contributed by atoms with Gasteiger partial charge in [0.1, 0.15) is 0 Å². The van der Waals surface area contributed by atoms with Crippen molar-refractivity contribution in [2.45, 2.75) is 27.3 Å². The van der Waals surface area contributed by atoms with E-state index in [1.807, 2.05) is 17.1 Å². The van der Waals surface area contributed by atoms with E-state index in [4.69, 9.17) is 11.6 Å². The second-order valence-electron chi connectivity index (χ2n) is 3.64. The highest BCUT2D eigenvalue weighted by Crippen LogP contribution is 2.15. The third-order valence-corrected chi connectivity index (χ3v) is 2.53. The van der Waals surface area contributed by atoms with Crippen LogP contribution in [-0.2, 0) is 6.54 Å². The molecule has 3 heteroatoms. The molecule has 0 N–H and O–H groups in total. The van der Waals surface area contributed by atoms with Gasteiger partial charge in [0.15, 0.2) is 0 Å². The molecule has 0 atom stereocenters. The van der Waals surface area contributed by atoms with E-state index in [1.54, 1.807) is 0 Å². The summed E-state index contributed by atoms with van der Waals surface area (Å²) in [5.74, 6) is 1.09. The van der Waals surface area contributed by atoms with Crippen molar-refractivity contribution in [2.24, 2.45) is 5.92 Å². The lowest BCUT2D eigenvalue weighted by Gasteiger charge is -2.06. The minimum atomic E-state index is 0.498. The lowest BCUT2D eigenvalue weighted by Crippen LogP contribution is -1.95. The molecule has 0 bridgehead atoms. The Hall–Kier alpha value is -0.760. The fourth-order valence-corrected chi connectivity index (χ4v) is 1.59. The van der Waals surface area contributed by atoms with Gasteiger partial charge in [-0.25, -0.2) is 0 Å². The third-order valence-electron chi connectivity index (χ3n) is 2.23. The van der Waals surface area contributed by atoms with Crippen LogP contribution in [0.15, 0.2) is 18.0 Å². The van der Waals surface area contributed by atoms with E-state index < -0.39 is 0 Å². The predicted molar refractivity (Wildman–Crippen MR) is 61.4 cm³/mol. The summed E-state index contributed by atoms with van der Waals surface area (Å²) < 4.78 is 1.91. The maximum Gasteiger partial charge on any atom is 0.0562 e. The second-order valence-corrected chi connectivity index (χ2v) is 3.90. The van der Waals surface area contributed by atoms with Crippen LogP contribution in [0.25, 0.3) is 6.08 Å². The third kappa shape index (κ3) is 2.88. The number of hydrogen-bond acceptors (Lipinski definition) is 1. The average Bonchev–Trinajstić information content (AvgIpc) is 2.61. The van der Waals surface area contributed by atoms with Gasteiger partial charge < -0.3 is 0 Å². The molecule has 1 aromatic rings. The monoisotopic (exact) mass is 212 g/mol. The molecule has 78 valence electrons. The van der Waals surface area contributed by atoms with Crippen molar-refractivity contribution >= 4 is 17.7 Å². The van der Waals surface area contributed by atoms with Crippen LogP contribution < -0.4 is 0 Å². The van der Waals surface area contributed by atoms with Crippen LogP contribution >= 0.6 is 11.6 Å². The molecule has 2 nitrogen and oxygen atoms in total. The van der Waals surface area contributed by atoms with Crippen molar-refractivity contribution in [1.82, 2.24) is 9.78 Å². The van der Waals surface area contributed by atoms with E-state index in [1.165, 1.54) is 5.57 Å². The zero-order valence-electron chi connectivity index (χ0n) is 9.00. The van der Waals surface area contributed by atoms with E-state index in [2.05, 4.69) is 31.9 Å². The van der Waals surface area contributed by atoms with E-state index in [0.29, 0.717) is 11.8 Å². The number of aromatic nitrogens is 2. The molecule has 0 amide bonds. The van der Waals surface area contributed by atoms with Crippen LogP contribution in [0.2, 0.25) is 0 Å². The number of hydrogen-bond donors (Lipinski definition) is 0. The number of rotatable bonds is 4. The Bertz CT molecular complexity index is 313. The quantitative estimate of drug-likeness (QED) is 0.701. The normalized spacial score (nSPS) is 12.5. The van der Waals surface area contributed by atoms with Gasteiger partial charge in [-0.1, -0.05) is 25.5 Å². The Morgan fingerprint density at radius 3 is 2.79 bits per heavy atom. The number of aryl methyl sites for hydroxylation is 1. The van der Waals surface area contributed by atoms with E-state index in [9.17, 15) is 0 Å². The van der Waals surface area contributed by atoms with Crippen LogP contribution in [0.5, 0.6) is 0 Å². The minimum Gasteiger partial charge on any atom is -0.272 e. The Labute approximate surface area is 90.6 Å². The van der Waals surface area contributed by atoms with Crippen LogP contribution in [0.3, 0.4) is 0 Å². The van der Waals surface area contributed by atoms with Crippen molar-refractivity contribution in [3.05, 3.63) is 23.5 Å². The van der Waals surface area contributed by atoms with Crippen LogP contribution in [-0.4, -0.2) is 15.7 Å². The SMILES string of the molecule is CCn1cc(/C=C(/CCl)C(C)C)cn1. The van der Waals surface area contributed by atoms with E-state index in [0.717, 1.165) is 12.1 Å². The van der Waals surface area contributed by atoms with Crippen molar-refractivity contribution in [3.63, 3.8) is 0 Å². The molecular formula is C11H17ClN2. The summed E-state index contributed by atoms with van der Waals surface area (Å²) in [5.41, 5.74) is 2.39. The molecule has 14 heavy (non-hydrogen) atoms. The fourth-order valence-electron chi connectivity index (χ4n) is 1.20. The largest absolute Gasteiger partial charge is 0.272 e. The first kappa shape index (κ1) is 11.3. The average molecular weight is 213 g/mol. The fraction of sp³-hybridized carbons (Fsp3) is 0.545. The first-order valence-corrected chi connectivity index (χ1v) is 5.49. The van der Waals surface area contributed by atoms with Gasteiger partial charge >= 0.3 is 0 Å². The molecule has 0 aliphatic heterocycles. The lowest BCUT2D eigenvalue weighted by molar-refractivity contribution is 0.660. The molecule has 1 heterocycles. The highest BCUT2D eigenvalue weighted by atomic mass is 35.5. The zero-order chi connectivity index (χ0) is 10.6. The highest BCUT2D eigenvalue weighted by Gasteiger charge is 2.02. The summed E-state index contributed by atoms with van der Waals surface area (Å²) >= 11 is 5.86. The second kappa shape index (κ2) is 5.20. The van der Waals surface area contributed by atoms with Crippen molar-refractivity contribution in [1.29, 1.82) is 0 Å². The molecule has 0 aliphatic rings. The Morgan fingerprint density at radius 1 is 1.64 bits per heavy atom.